The number of aromatic nitrogens is 1. The van der Waals surface area contributed by atoms with E-state index in [9.17, 15) is 0 Å². The molecule has 0 aliphatic carbocycles. The summed E-state index contributed by atoms with van der Waals surface area (Å²) < 4.78 is 0. The normalized spacial score (nSPS) is 14.0. The second-order valence-corrected chi connectivity index (χ2v) is 3.91. The molecule has 1 aromatic rings. The van der Waals surface area contributed by atoms with Crippen molar-refractivity contribution >= 4 is 22.9 Å². The lowest BCUT2D eigenvalue weighted by molar-refractivity contribution is 0.621. The monoisotopic (exact) mass is 175 g/mol. The van der Waals surface area contributed by atoms with Crippen molar-refractivity contribution in [2.45, 2.75) is 19.2 Å². The predicted molar refractivity (Wildman–Crippen MR) is 45.5 cm³/mol. The first-order valence-corrected chi connectivity index (χ1v) is 4.57. The van der Waals surface area contributed by atoms with E-state index in [-0.39, 0.29) is 5.38 Å². The summed E-state index contributed by atoms with van der Waals surface area (Å²) in [5.41, 5.74) is 0. The van der Waals surface area contributed by atoms with Gasteiger partial charge in [0.2, 0.25) is 0 Å². The van der Waals surface area contributed by atoms with Gasteiger partial charge in [-0.25, -0.2) is 4.98 Å². The fraction of sp³-hybridized carbons (Fsp3) is 0.571. The molecular formula is C7H10ClNS. The highest BCUT2D eigenvalue weighted by Gasteiger charge is 2.13. The molecule has 0 amide bonds. The highest BCUT2D eigenvalue weighted by molar-refractivity contribution is 7.09. The van der Waals surface area contributed by atoms with Gasteiger partial charge in [0.1, 0.15) is 5.01 Å². The fourth-order valence-electron chi connectivity index (χ4n) is 0.656. The highest BCUT2D eigenvalue weighted by Crippen LogP contribution is 2.29. The standard InChI is InChI=1S/C7H10ClNS/c1-5(2)6(8)7-9-3-4-10-7/h3-6H,1-2H3. The van der Waals surface area contributed by atoms with Gasteiger partial charge in [0.05, 0.1) is 5.38 Å². The molecule has 0 aliphatic heterocycles. The molecule has 1 aromatic heterocycles. The third-order valence-corrected chi connectivity index (χ3v) is 2.97. The van der Waals surface area contributed by atoms with Crippen molar-refractivity contribution in [2.24, 2.45) is 5.92 Å². The van der Waals surface area contributed by atoms with E-state index in [2.05, 4.69) is 18.8 Å². The molecule has 1 atom stereocenters. The van der Waals surface area contributed by atoms with Crippen LogP contribution in [0.1, 0.15) is 24.2 Å². The van der Waals surface area contributed by atoms with Crippen molar-refractivity contribution in [2.75, 3.05) is 0 Å². The van der Waals surface area contributed by atoms with E-state index >= 15 is 0 Å². The molecule has 0 fully saturated rings. The summed E-state index contributed by atoms with van der Waals surface area (Å²) in [7, 11) is 0. The van der Waals surface area contributed by atoms with E-state index in [0.717, 1.165) is 5.01 Å². The van der Waals surface area contributed by atoms with Crippen molar-refractivity contribution in [3.63, 3.8) is 0 Å². The molecule has 0 aromatic carbocycles. The topological polar surface area (TPSA) is 12.9 Å². The summed E-state index contributed by atoms with van der Waals surface area (Å²) in [5, 5.41) is 3.06. The summed E-state index contributed by atoms with van der Waals surface area (Å²) in [5.74, 6) is 0.466. The molecule has 1 unspecified atom stereocenters. The van der Waals surface area contributed by atoms with Gasteiger partial charge in [-0.2, -0.15) is 0 Å². The largest absolute Gasteiger partial charge is 0.248 e. The molecule has 0 radical (unpaired) electrons. The van der Waals surface area contributed by atoms with Crippen molar-refractivity contribution in [1.82, 2.24) is 4.98 Å². The maximum Gasteiger partial charge on any atom is 0.111 e. The number of hydrogen-bond acceptors (Lipinski definition) is 2. The van der Waals surface area contributed by atoms with Crippen LogP contribution in [0.2, 0.25) is 0 Å². The summed E-state index contributed by atoms with van der Waals surface area (Å²) in [4.78, 5) is 4.12. The van der Waals surface area contributed by atoms with E-state index < -0.39 is 0 Å². The van der Waals surface area contributed by atoms with E-state index in [0.29, 0.717) is 5.92 Å². The Labute approximate surface area is 70.1 Å². The average Bonchev–Trinajstić information content (AvgIpc) is 2.36. The van der Waals surface area contributed by atoms with Crippen LogP contribution in [0.3, 0.4) is 0 Å². The van der Waals surface area contributed by atoms with Gasteiger partial charge in [0.15, 0.2) is 0 Å². The van der Waals surface area contributed by atoms with Crippen LogP contribution in [0.15, 0.2) is 11.6 Å². The molecule has 1 nitrogen and oxygen atoms in total. The summed E-state index contributed by atoms with van der Waals surface area (Å²) in [6.07, 6.45) is 1.79. The van der Waals surface area contributed by atoms with Gasteiger partial charge in [-0.1, -0.05) is 13.8 Å². The Kier molecular flexibility index (Phi) is 2.69. The summed E-state index contributed by atoms with van der Waals surface area (Å²) >= 11 is 7.65. The molecule has 3 heteroatoms. The minimum absolute atomic E-state index is 0.0833. The van der Waals surface area contributed by atoms with Gasteiger partial charge in [-0.15, -0.1) is 22.9 Å². The van der Waals surface area contributed by atoms with Crippen LogP contribution in [-0.2, 0) is 0 Å². The van der Waals surface area contributed by atoms with Crippen LogP contribution in [0.4, 0.5) is 0 Å². The predicted octanol–water partition coefficient (Wildman–Crippen LogP) is 3.08. The Morgan fingerprint density at radius 1 is 1.60 bits per heavy atom. The Hall–Kier alpha value is -0.0800. The van der Waals surface area contributed by atoms with Gasteiger partial charge in [-0.05, 0) is 5.92 Å². The molecule has 0 spiro atoms. The second kappa shape index (κ2) is 3.35. The van der Waals surface area contributed by atoms with Crippen LogP contribution >= 0.6 is 22.9 Å². The smallest absolute Gasteiger partial charge is 0.111 e. The van der Waals surface area contributed by atoms with Crippen LogP contribution in [0.5, 0.6) is 0 Å². The van der Waals surface area contributed by atoms with Crippen LogP contribution < -0.4 is 0 Å². The Morgan fingerprint density at radius 3 is 2.70 bits per heavy atom. The van der Waals surface area contributed by atoms with E-state index in [1.807, 2.05) is 5.38 Å². The van der Waals surface area contributed by atoms with Crippen molar-refractivity contribution in [1.29, 1.82) is 0 Å². The number of nitrogens with zero attached hydrogens (tertiary/aromatic N) is 1. The summed E-state index contributed by atoms with van der Waals surface area (Å²) in [6, 6.07) is 0. The lowest BCUT2D eigenvalue weighted by Crippen LogP contribution is -1.97. The highest BCUT2D eigenvalue weighted by atomic mass is 35.5. The molecule has 0 bridgehead atoms. The van der Waals surface area contributed by atoms with Crippen LogP contribution in [0.25, 0.3) is 0 Å². The molecule has 10 heavy (non-hydrogen) atoms. The summed E-state index contributed by atoms with van der Waals surface area (Å²) in [6.45, 7) is 4.19. The number of hydrogen-bond donors (Lipinski definition) is 0. The zero-order valence-corrected chi connectivity index (χ0v) is 7.62. The third-order valence-electron chi connectivity index (χ3n) is 1.27. The Bertz CT molecular complexity index is 183. The molecule has 0 N–H and O–H groups in total. The van der Waals surface area contributed by atoms with Gasteiger partial charge in [-0.3, -0.25) is 0 Å². The minimum atomic E-state index is 0.0833. The SMILES string of the molecule is CC(C)C(Cl)c1nccs1. The molecule has 1 heterocycles. The van der Waals surface area contributed by atoms with Crippen molar-refractivity contribution in [3.05, 3.63) is 16.6 Å². The first-order chi connectivity index (χ1) is 4.72. The van der Waals surface area contributed by atoms with Gasteiger partial charge >= 0.3 is 0 Å². The number of alkyl halides is 1. The molecule has 1 rings (SSSR count). The van der Waals surface area contributed by atoms with E-state index in [1.54, 1.807) is 17.5 Å². The van der Waals surface area contributed by atoms with Gasteiger partial charge < -0.3 is 0 Å². The second-order valence-electron chi connectivity index (χ2n) is 2.52. The maximum absolute atomic E-state index is 6.03. The number of thiazole rings is 1. The van der Waals surface area contributed by atoms with E-state index in [1.165, 1.54) is 0 Å². The van der Waals surface area contributed by atoms with Crippen molar-refractivity contribution < 1.29 is 0 Å². The molecular weight excluding hydrogens is 166 g/mol. The molecule has 0 saturated heterocycles. The average molecular weight is 176 g/mol. The zero-order valence-electron chi connectivity index (χ0n) is 6.04. The fourth-order valence-corrected chi connectivity index (χ4v) is 1.65. The number of rotatable bonds is 2. The molecule has 0 aliphatic rings. The lowest BCUT2D eigenvalue weighted by Gasteiger charge is -2.08. The Balaban J connectivity index is 2.68. The van der Waals surface area contributed by atoms with Gasteiger partial charge in [0.25, 0.3) is 0 Å². The first-order valence-electron chi connectivity index (χ1n) is 3.25. The van der Waals surface area contributed by atoms with E-state index in [4.69, 9.17) is 11.6 Å². The lowest BCUT2D eigenvalue weighted by atomic mass is 10.1. The van der Waals surface area contributed by atoms with Crippen LogP contribution in [-0.4, -0.2) is 4.98 Å². The molecule has 0 saturated carbocycles. The zero-order chi connectivity index (χ0) is 7.56. The number of halogens is 1. The molecule has 56 valence electrons. The third kappa shape index (κ3) is 1.70. The van der Waals surface area contributed by atoms with Crippen LogP contribution in [0, 0.1) is 5.92 Å². The van der Waals surface area contributed by atoms with Gasteiger partial charge in [0, 0.05) is 11.6 Å². The Morgan fingerprint density at radius 2 is 2.30 bits per heavy atom. The van der Waals surface area contributed by atoms with Crippen molar-refractivity contribution in [3.8, 4) is 0 Å². The first kappa shape index (κ1) is 8.02. The quantitative estimate of drug-likeness (QED) is 0.630. The maximum atomic E-state index is 6.03. The minimum Gasteiger partial charge on any atom is -0.248 e.